The maximum Gasteiger partial charge on any atom is 0.410 e. The molecule has 1 aliphatic rings. The van der Waals surface area contributed by atoms with Gasteiger partial charge in [0.1, 0.15) is 5.60 Å². The van der Waals surface area contributed by atoms with E-state index in [4.69, 9.17) is 4.74 Å². The van der Waals surface area contributed by atoms with Crippen molar-refractivity contribution in [1.82, 2.24) is 4.90 Å². The minimum absolute atomic E-state index is 0.130. The molecule has 1 saturated heterocycles. The molecule has 0 N–H and O–H groups in total. The molecule has 1 atom stereocenters. The second-order valence-electron chi connectivity index (χ2n) is 6.62. The van der Waals surface area contributed by atoms with Crippen LogP contribution < -0.4 is 0 Å². The van der Waals surface area contributed by atoms with Crippen molar-refractivity contribution in [2.24, 2.45) is 0 Å². The summed E-state index contributed by atoms with van der Waals surface area (Å²) in [5.41, 5.74) is 1.97. The summed E-state index contributed by atoms with van der Waals surface area (Å²) in [6, 6.07) is 8.54. The second-order valence-corrected chi connectivity index (χ2v) is 7.18. The highest BCUT2D eigenvalue weighted by Gasteiger charge is 2.30. The van der Waals surface area contributed by atoms with Crippen LogP contribution in [0.15, 0.2) is 30.3 Å². The van der Waals surface area contributed by atoms with E-state index in [-0.39, 0.29) is 12.1 Å². The number of halogens is 1. The van der Waals surface area contributed by atoms with Crippen molar-refractivity contribution in [3.63, 3.8) is 0 Å². The zero-order chi connectivity index (χ0) is 16.2. The largest absolute Gasteiger partial charge is 0.444 e. The lowest BCUT2D eigenvalue weighted by Crippen LogP contribution is -2.39. The zero-order valence-electron chi connectivity index (χ0n) is 13.5. The fraction of sp³-hybridized carbons (Fsp3) is 0.500. The summed E-state index contributed by atoms with van der Waals surface area (Å²) in [4.78, 5) is 14.1. The van der Waals surface area contributed by atoms with E-state index in [1.807, 2.05) is 25.7 Å². The molecular weight excluding hydrogens is 342 g/mol. The summed E-state index contributed by atoms with van der Waals surface area (Å²) in [6.45, 7) is 6.47. The van der Waals surface area contributed by atoms with E-state index in [9.17, 15) is 4.79 Å². The molecule has 0 saturated carbocycles. The quantitative estimate of drug-likeness (QED) is 0.705. The van der Waals surface area contributed by atoms with Gasteiger partial charge in [-0.05, 0) is 44.7 Å². The third-order valence-corrected chi connectivity index (χ3v) is 4.22. The highest BCUT2D eigenvalue weighted by molar-refractivity contribution is 9.08. The van der Waals surface area contributed by atoms with Gasteiger partial charge < -0.3 is 9.64 Å². The Hall–Kier alpha value is -1.29. The van der Waals surface area contributed by atoms with Gasteiger partial charge in [-0.3, -0.25) is 0 Å². The fourth-order valence-corrected chi connectivity index (χ4v) is 2.85. The molecule has 0 aromatic heterocycles. The lowest BCUT2D eigenvalue weighted by atomic mass is 10.1. The van der Waals surface area contributed by atoms with Gasteiger partial charge in [-0.25, -0.2) is 4.79 Å². The van der Waals surface area contributed by atoms with Crippen LogP contribution in [-0.2, 0) is 10.1 Å². The topological polar surface area (TPSA) is 29.5 Å². The van der Waals surface area contributed by atoms with Crippen molar-refractivity contribution in [1.29, 1.82) is 0 Å². The Kier molecular flexibility index (Phi) is 5.68. The van der Waals surface area contributed by atoms with Crippen LogP contribution >= 0.6 is 15.9 Å². The number of hydrogen-bond acceptors (Lipinski definition) is 2. The molecule has 0 radical (unpaired) electrons. The fourth-order valence-electron chi connectivity index (χ4n) is 2.48. The average Bonchev–Trinajstić information content (AvgIpc) is 2.92. The molecule has 1 heterocycles. The highest BCUT2D eigenvalue weighted by atomic mass is 79.9. The van der Waals surface area contributed by atoms with E-state index in [0.29, 0.717) is 0 Å². The Labute approximate surface area is 141 Å². The van der Waals surface area contributed by atoms with Gasteiger partial charge in [0.15, 0.2) is 0 Å². The number of carbonyl (C=O) groups excluding carboxylic acids is 1. The molecule has 22 heavy (non-hydrogen) atoms. The lowest BCUT2D eigenvalue weighted by Gasteiger charge is -2.27. The number of amides is 1. The molecule has 3 nitrogen and oxygen atoms in total. The third kappa shape index (κ3) is 4.87. The smallest absolute Gasteiger partial charge is 0.410 e. The normalized spacial score (nSPS) is 18.9. The highest BCUT2D eigenvalue weighted by Crippen LogP contribution is 2.22. The van der Waals surface area contributed by atoms with Gasteiger partial charge in [0.05, 0.1) is 6.04 Å². The van der Waals surface area contributed by atoms with Crippen molar-refractivity contribution in [3.8, 4) is 0 Å². The molecular formula is C18H24BrNO2. The summed E-state index contributed by atoms with van der Waals surface area (Å²) in [6.07, 6.45) is 6.01. The van der Waals surface area contributed by atoms with Crippen LogP contribution in [-0.4, -0.2) is 29.2 Å². The van der Waals surface area contributed by atoms with Crippen LogP contribution in [0.4, 0.5) is 4.79 Å². The first-order valence-electron chi connectivity index (χ1n) is 7.72. The first kappa shape index (κ1) is 17.1. The molecule has 1 aromatic rings. The molecule has 1 unspecified atom stereocenters. The number of alkyl halides is 1. The standard InChI is InChI=1S/C18H24BrNO2/c1-18(2,3)22-17(21)20-12-4-5-16(20)11-10-14-6-8-15(13-19)9-7-14/h6-11,16H,4-5,12-13H2,1-3H3/b11-10+. The SMILES string of the molecule is CC(C)(C)OC(=O)N1CCCC1/C=C/c1ccc(CBr)cc1. The van der Waals surface area contributed by atoms with Crippen molar-refractivity contribution >= 4 is 28.1 Å². The van der Waals surface area contributed by atoms with Crippen molar-refractivity contribution in [3.05, 3.63) is 41.5 Å². The predicted octanol–water partition coefficient (Wildman–Crippen LogP) is 4.99. The van der Waals surface area contributed by atoms with Gasteiger partial charge in [0.25, 0.3) is 0 Å². The number of likely N-dealkylation sites (tertiary alicyclic amines) is 1. The molecule has 0 aliphatic carbocycles. The van der Waals surface area contributed by atoms with Crippen molar-refractivity contribution in [2.45, 2.75) is 50.6 Å². The summed E-state index contributed by atoms with van der Waals surface area (Å²) >= 11 is 3.45. The van der Waals surface area contributed by atoms with Crippen molar-refractivity contribution in [2.75, 3.05) is 6.54 Å². The predicted molar refractivity (Wildman–Crippen MR) is 94.1 cm³/mol. The van der Waals surface area contributed by atoms with Gasteiger partial charge in [-0.1, -0.05) is 52.3 Å². The van der Waals surface area contributed by atoms with E-state index >= 15 is 0 Å². The van der Waals surface area contributed by atoms with Crippen LogP contribution in [0.3, 0.4) is 0 Å². The molecule has 0 bridgehead atoms. The Balaban J connectivity index is 2.00. The summed E-state index contributed by atoms with van der Waals surface area (Å²) in [5.74, 6) is 0. The molecule has 120 valence electrons. The maximum absolute atomic E-state index is 12.2. The average molecular weight is 366 g/mol. The van der Waals surface area contributed by atoms with Crippen LogP contribution in [0.5, 0.6) is 0 Å². The molecule has 1 amide bonds. The minimum atomic E-state index is -0.445. The van der Waals surface area contributed by atoms with Crippen LogP contribution in [0.2, 0.25) is 0 Å². The van der Waals surface area contributed by atoms with Gasteiger partial charge in [0.2, 0.25) is 0 Å². The Morgan fingerprint density at radius 3 is 2.64 bits per heavy atom. The van der Waals surface area contributed by atoms with Gasteiger partial charge >= 0.3 is 6.09 Å². The van der Waals surface area contributed by atoms with E-state index in [0.717, 1.165) is 30.3 Å². The number of ether oxygens (including phenoxy) is 1. The van der Waals surface area contributed by atoms with E-state index in [1.165, 1.54) is 5.56 Å². The Morgan fingerprint density at radius 1 is 1.36 bits per heavy atom. The van der Waals surface area contributed by atoms with Crippen LogP contribution in [0.25, 0.3) is 6.08 Å². The summed E-state index contributed by atoms with van der Waals surface area (Å²) in [7, 11) is 0. The Bertz CT molecular complexity index is 531. The molecule has 0 spiro atoms. The Morgan fingerprint density at radius 2 is 2.05 bits per heavy atom. The molecule has 4 heteroatoms. The van der Waals surface area contributed by atoms with E-state index < -0.39 is 5.60 Å². The van der Waals surface area contributed by atoms with E-state index in [1.54, 1.807) is 0 Å². The number of hydrogen-bond donors (Lipinski definition) is 0. The van der Waals surface area contributed by atoms with Gasteiger partial charge in [-0.2, -0.15) is 0 Å². The molecule has 2 rings (SSSR count). The first-order valence-corrected chi connectivity index (χ1v) is 8.84. The third-order valence-electron chi connectivity index (χ3n) is 3.57. The number of rotatable bonds is 3. The van der Waals surface area contributed by atoms with Crippen LogP contribution in [0, 0.1) is 0 Å². The molecule has 1 aliphatic heterocycles. The second kappa shape index (κ2) is 7.32. The van der Waals surface area contributed by atoms with Gasteiger partial charge in [0, 0.05) is 11.9 Å². The van der Waals surface area contributed by atoms with Gasteiger partial charge in [-0.15, -0.1) is 0 Å². The summed E-state index contributed by atoms with van der Waals surface area (Å²) < 4.78 is 5.48. The molecule has 1 fully saturated rings. The van der Waals surface area contributed by atoms with Crippen molar-refractivity contribution < 1.29 is 9.53 Å². The number of benzene rings is 1. The first-order chi connectivity index (χ1) is 10.4. The monoisotopic (exact) mass is 365 g/mol. The zero-order valence-corrected chi connectivity index (χ0v) is 15.1. The molecule has 1 aromatic carbocycles. The summed E-state index contributed by atoms with van der Waals surface area (Å²) in [5, 5.41) is 0.867. The maximum atomic E-state index is 12.2. The van der Waals surface area contributed by atoms with E-state index in [2.05, 4.69) is 52.3 Å². The number of nitrogens with zero attached hydrogens (tertiary/aromatic N) is 1. The lowest BCUT2D eigenvalue weighted by molar-refractivity contribution is 0.0256. The minimum Gasteiger partial charge on any atom is -0.444 e. The van der Waals surface area contributed by atoms with Crippen LogP contribution in [0.1, 0.15) is 44.7 Å². The number of carbonyl (C=O) groups is 1.